The minimum Gasteiger partial charge on any atom is -0.410 e. The number of carbonyl (C=O) groups is 1. The molecule has 1 aromatic rings. The fourth-order valence-corrected chi connectivity index (χ4v) is 3.14. The molecule has 1 aliphatic rings. The molecule has 0 atom stereocenters. The lowest BCUT2D eigenvalue weighted by molar-refractivity contribution is 0.00933. The zero-order chi connectivity index (χ0) is 19.2. The summed E-state index contributed by atoms with van der Waals surface area (Å²) in [6, 6.07) is 9.22. The highest BCUT2D eigenvalue weighted by atomic mass is 16.6. The summed E-state index contributed by atoms with van der Waals surface area (Å²) in [7, 11) is 0. The number of nitrogens with zero attached hydrogens (tertiary/aromatic N) is 1. The van der Waals surface area contributed by atoms with Gasteiger partial charge in [-0.2, -0.15) is 0 Å². The lowest BCUT2D eigenvalue weighted by Crippen LogP contribution is -2.42. The van der Waals surface area contributed by atoms with E-state index >= 15 is 0 Å². The topological polar surface area (TPSA) is 50.8 Å². The number of likely N-dealkylation sites (tertiary alicyclic amines) is 1. The molecule has 0 saturated carbocycles. The van der Waals surface area contributed by atoms with Crippen molar-refractivity contribution in [1.29, 1.82) is 0 Å². The van der Waals surface area contributed by atoms with Crippen LogP contribution in [0.2, 0.25) is 0 Å². The second-order valence-corrected chi connectivity index (χ2v) is 6.98. The number of unbranched alkanes of at least 4 members (excludes halogenated alkanes) is 3. The van der Waals surface area contributed by atoms with Gasteiger partial charge in [0.05, 0.1) is 6.10 Å². The number of para-hydroxylation sites is 1. The number of hydrogen-bond acceptors (Lipinski definition) is 4. The molecule has 0 unspecified atom stereocenters. The SMILES string of the molecule is C=CCCNCCCCCCOC1CCN(C(=O)Oc2ccccc2)CC1. The van der Waals surface area contributed by atoms with Crippen molar-refractivity contribution in [2.75, 3.05) is 32.8 Å². The Balaban J connectivity index is 1.46. The van der Waals surface area contributed by atoms with Crippen LogP contribution in [0.25, 0.3) is 0 Å². The summed E-state index contributed by atoms with van der Waals surface area (Å²) in [4.78, 5) is 13.9. The first kappa shape index (κ1) is 21.5. The largest absolute Gasteiger partial charge is 0.415 e. The van der Waals surface area contributed by atoms with Gasteiger partial charge >= 0.3 is 6.09 Å². The fourth-order valence-electron chi connectivity index (χ4n) is 3.14. The number of hydrogen-bond donors (Lipinski definition) is 1. The summed E-state index contributed by atoms with van der Waals surface area (Å²) in [5, 5.41) is 3.41. The average Bonchev–Trinajstić information content (AvgIpc) is 2.70. The Labute approximate surface area is 163 Å². The lowest BCUT2D eigenvalue weighted by atomic mass is 10.1. The van der Waals surface area contributed by atoms with Gasteiger partial charge in [0.1, 0.15) is 5.75 Å². The smallest absolute Gasteiger partial charge is 0.410 e. The Morgan fingerprint density at radius 2 is 1.85 bits per heavy atom. The van der Waals surface area contributed by atoms with E-state index in [0.717, 1.165) is 45.4 Å². The summed E-state index contributed by atoms with van der Waals surface area (Å²) >= 11 is 0. The van der Waals surface area contributed by atoms with Gasteiger partial charge in [-0.05, 0) is 57.3 Å². The highest BCUT2D eigenvalue weighted by Gasteiger charge is 2.24. The molecule has 1 aromatic carbocycles. The Bertz CT molecular complexity index is 528. The van der Waals surface area contributed by atoms with E-state index in [-0.39, 0.29) is 12.2 Å². The predicted octanol–water partition coefficient (Wildman–Crippen LogP) is 4.39. The average molecular weight is 375 g/mol. The molecular weight excluding hydrogens is 340 g/mol. The molecule has 1 fully saturated rings. The second kappa shape index (κ2) is 13.3. The molecule has 0 radical (unpaired) electrons. The van der Waals surface area contributed by atoms with E-state index < -0.39 is 0 Å². The fraction of sp³-hybridized carbons (Fsp3) is 0.591. The molecule has 27 heavy (non-hydrogen) atoms. The molecule has 0 spiro atoms. The Hall–Kier alpha value is -1.85. The van der Waals surface area contributed by atoms with Crippen LogP contribution < -0.4 is 10.1 Å². The highest BCUT2D eigenvalue weighted by molar-refractivity contribution is 5.70. The van der Waals surface area contributed by atoms with Crippen molar-refractivity contribution in [2.45, 2.75) is 51.0 Å². The molecule has 1 N–H and O–H groups in total. The molecule has 1 saturated heterocycles. The Kier molecular flexibility index (Phi) is 10.6. The first-order valence-corrected chi connectivity index (χ1v) is 10.2. The highest BCUT2D eigenvalue weighted by Crippen LogP contribution is 2.17. The second-order valence-electron chi connectivity index (χ2n) is 6.98. The van der Waals surface area contributed by atoms with Gasteiger partial charge in [0, 0.05) is 19.7 Å². The normalized spacial score (nSPS) is 14.9. The van der Waals surface area contributed by atoms with Crippen LogP contribution >= 0.6 is 0 Å². The molecule has 0 aliphatic carbocycles. The maximum atomic E-state index is 12.2. The number of piperidine rings is 1. The molecule has 0 bridgehead atoms. The van der Waals surface area contributed by atoms with Crippen molar-refractivity contribution in [1.82, 2.24) is 10.2 Å². The monoisotopic (exact) mass is 374 g/mol. The van der Waals surface area contributed by atoms with Gasteiger partial charge in [-0.15, -0.1) is 6.58 Å². The molecule has 1 heterocycles. The number of rotatable bonds is 12. The van der Waals surface area contributed by atoms with Gasteiger partial charge in [0.25, 0.3) is 0 Å². The zero-order valence-corrected chi connectivity index (χ0v) is 16.4. The first-order chi connectivity index (χ1) is 13.3. The van der Waals surface area contributed by atoms with Crippen LogP contribution in [-0.4, -0.2) is 49.9 Å². The van der Waals surface area contributed by atoms with Gasteiger partial charge in [-0.3, -0.25) is 0 Å². The minimum absolute atomic E-state index is 0.263. The van der Waals surface area contributed by atoms with E-state index in [4.69, 9.17) is 9.47 Å². The van der Waals surface area contributed by atoms with Crippen molar-refractivity contribution < 1.29 is 14.3 Å². The minimum atomic E-state index is -0.263. The first-order valence-electron chi connectivity index (χ1n) is 10.2. The lowest BCUT2D eigenvalue weighted by Gasteiger charge is -2.31. The van der Waals surface area contributed by atoms with Gasteiger partial charge in [-0.1, -0.05) is 37.1 Å². The van der Waals surface area contributed by atoms with Gasteiger partial charge in [0.15, 0.2) is 0 Å². The van der Waals surface area contributed by atoms with Crippen LogP contribution in [0.4, 0.5) is 4.79 Å². The number of amides is 1. The predicted molar refractivity (Wildman–Crippen MR) is 109 cm³/mol. The van der Waals surface area contributed by atoms with Crippen LogP contribution in [0.5, 0.6) is 5.75 Å². The standard InChI is InChI=1S/C22H34N2O3/c1-2-3-15-23-16-9-4-5-10-19-26-20-13-17-24(18-14-20)22(25)27-21-11-7-6-8-12-21/h2,6-8,11-12,20,23H,1,3-5,9-10,13-19H2. The van der Waals surface area contributed by atoms with Crippen molar-refractivity contribution in [3.8, 4) is 5.75 Å². The number of benzene rings is 1. The van der Waals surface area contributed by atoms with E-state index in [0.29, 0.717) is 18.8 Å². The molecule has 5 heteroatoms. The molecule has 2 rings (SSSR count). The summed E-state index contributed by atoms with van der Waals surface area (Å²) in [5.41, 5.74) is 0. The van der Waals surface area contributed by atoms with Gasteiger partial charge < -0.3 is 19.7 Å². The van der Waals surface area contributed by atoms with E-state index in [9.17, 15) is 4.79 Å². The van der Waals surface area contributed by atoms with Crippen LogP contribution in [-0.2, 0) is 4.74 Å². The van der Waals surface area contributed by atoms with Crippen molar-refractivity contribution in [3.05, 3.63) is 43.0 Å². The third kappa shape index (κ3) is 9.07. The molecular formula is C22H34N2O3. The van der Waals surface area contributed by atoms with Gasteiger partial charge in [-0.25, -0.2) is 4.79 Å². The summed E-state index contributed by atoms with van der Waals surface area (Å²) in [6.07, 6.45) is 9.56. The maximum Gasteiger partial charge on any atom is 0.415 e. The zero-order valence-electron chi connectivity index (χ0n) is 16.4. The summed E-state index contributed by atoms with van der Waals surface area (Å²) < 4.78 is 11.4. The third-order valence-corrected chi connectivity index (χ3v) is 4.78. The van der Waals surface area contributed by atoms with Crippen molar-refractivity contribution in [3.63, 3.8) is 0 Å². The summed E-state index contributed by atoms with van der Waals surface area (Å²) in [5.74, 6) is 0.594. The van der Waals surface area contributed by atoms with Crippen LogP contribution in [0.3, 0.4) is 0 Å². The molecule has 150 valence electrons. The molecule has 1 aliphatic heterocycles. The third-order valence-electron chi connectivity index (χ3n) is 4.78. The van der Waals surface area contributed by atoms with E-state index in [2.05, 4.69) is 11.9 Å². The molecule has 5 nitrogen and oxygen atoms in total. The van der Waals surface area contributed by atoms with E-state index in [1.54, 1.807) is 17.0 Å². The molecule has 1 amide bonds. The number of ether oxygens (including phenoxy) is 2. The summed E-state index contributed by atoms with van der Waals surface area (Å²) in [6.45, 7) is 8.06. The number of nitrogens with one attached hydrogen (secondary N) is 1. The number of carbonyl (C=O) groups excluding carboxylic acids is 1. The van der Waals surface area contributed by atoms with Crippen molar-refractivity contribution in [2.24, 2.45) is 0 Å². The van der Waals surface area contributed by atoms with E-state index in [1.165, 1.54) is 19.3 Å². The van der Waals surface area contributed by atoms with Crippen LogP contribution in [0.1, 0.15) is 44.9 Å². The van der Waals surface area contributed by atoms with E-state index in [1.807, 2.05) is 24.3 Å². The Morgan fingerprint density at radius 1 is 1.11 bits per heavy atom. The van der Waals surface area contributed by atoms with Crippen molar-refractivity contribution >= 4 is 6.09 Å². The maximum absolute atomic E-state index is 12.2. The Morgan fingerprint density at radius 3 is 2.59 bits per heavy atom. The molecule has 0 aromatic heterocycles. The van der Waals surface area contributed by atoms with Crippen LogP contribution in [0, 0.1) is 0 Å². The van der Waals surface area contributed by atoms with Crippen LogP contribution in [0.15, 0.2) is 43.0 Å². The van der Waals surface area contributed by atoms with Gasteiger partial charge in [0.2, 0.25) is 0 Å². The quantitative estimate of drug-likeness (QED) is 0.435.